The lowest BCUT2D eigenvalue weighted by atomic mass is 10.1. The molecule has 9 nitrogen and oxygen atoms in total. The molecule has 0 aliphatic rings. The molecule has 0 saturated heterocycles. The minimum Gasteiger partial charge on any atom is -0.504 e. The lowest BCUT2D eigenvalue weighted by Crippen LogP contribution is -2.23. The zero-order valence-corrected chi connectivity index (χ0v) is 18.6. The molecule has 33 heavy (non-hydrogen) atoms. The van der Waals surface area contributed by atoms with Crippen molar-refractivity contribution < 1.29 is 19.7 Å². The van der Waals surface area contributed by atoms with Crippen LogP contribution in [0.4, 0.5) is 17.1 Å². The summed E-state index contributed by atoms with van der Waals surface area (Å²) in [6, 6.07) is 16.9. The molecule has 0 atom stereocenters. The Bertz CT molecular complexity index is 1230. The van der Waals surface area contributed by atoms with Gasteiger partial charge < -0.3 is 20.3 Å². The number of phenols is 1. The number of aromatic hydroxyl groups is 1. The second kappa shape index (κ2) is 10.8. The Hall–Kier alpha value is -4.31. The molecule has 0 heterocycles. The second-order valence-electron chi connectivity index (χ2n) is 6.80. The Morgan fingerprint density at radius 2 is 1.82 bits per heavy atom. The van der Waals surface area contributed by atoms with Crippen LogP contribution in [-0.4, -0.2) is 34.6 Å². The number of nitrogens with one attached hydrogen (secondary N) is 2. The van der Waals surface area contributed by atoms with Gasteiger partial charge in [-0.15, -0.1) is 5.11 Å². The van der Waals surface area contributed by atoms with E-state index in [0.717, 1.165) is 11.3 Å². The smallest absolute Gasteiger partial charge is 0.337 e. The third-order valence-electron chi connectivity index (χ3n) is 4.40. The molecule has 0 amide bonds. The Kier molecular flexibility index (Phi) is 7.66. The lowest BCUT2D eigenvalue weighted by molar-refractivity contribution is 0.0697. The maximum Gasteiger partial charge on any atom is 0.337 e. The van der Waals surface area contributed by atoms with Crippen LogP contribution < -0.4 is 15.5 Å². The number of thiocarbonyl (C=S) groups is 1. The van der Waals surface area contributed by atoms with Crippen LogP contribution in [0.25, 0.3) is 0 Å². The number of nitrogens with zero attached hydrogens (tertiary/aromatic N) is 3. The number of anilines is 1. The summed E-state index contributed by atoms with van der Waals surface area (Å²) in [7, 11) is 1.40. The van der Waals surface area contributed by atoms with Crippen molar-refractivity contribution in [3.63, 3.8) is 0 Å². The Labute approximate surface area is 195 Å². The molecule has 0 aliphatic heterocycles. The van der Waals surface area contributed by atoms with Crippen molar-refractivity contribution in [2.45, 2.75) is 6.92 Å². The molecular formula is C23H21N5O4S. The standard InChI is InChI=1S/C23H21N5O4S/c1-14-7-9-16(10-8-14)25-23(33)28-24-13-15-11-17(12-20(32-2)21(15)29)26-27-19-6-4-3-5-18(19)22(30)31/h3-13,29H,1-2H3,(H,30,31)(H2,25,28,33). The number of aromatic carboxylic acids is 1. The van der Waals surface area contributed by atoms with Crippen molar-refractivity contribution in [3.05, 3.63) is 77.4 Å². The van der Waals surface area contributed by atoms with Crippen LogP contribution in [-0.2, 0) is 0 Å². The number of methoxy groups -OCH3 is 1. The van der Waals surface area contributed by atoms with E-state index in [1.165, 1.54) is 31.5 Å². The summed E-state index contributed by atoms with van der Waals surface area (Å²) in [4.78, 5) is 11.3. The molecule has 3 aromatic carbocycles. The van der Waals surface area contributed by atoms with Gasteiger partial charge in [-0.1, -0.05) is 29.8 Å². The van der Waals surface area contributed by atoms with E-state index in [0.29, 0.717) is 11.3 Å². The van der Waals surface area contributed by atoms with Crippen LogP contribution in [0, 0.1) is 6.92 Å². The topological polar surface area (TPSA) is 128 Å². The van der Waals surface area contributed by atoms with Gasteiger partial charge in [0.25, 0.3) is 0 Å². The predicted molar refractivity (Wildman–Crippen MR) is 130 cm³/mol. The molecular weight excluding hydrogens is 442 g/mol. The first-order chi connectivity index (χ1) is 15.9. The van der Waals surface area contributed by atoms with Crippen LogP contribution in [0.5, 0.6) is 11.5 Å². The van der Waals surface area contributed by atoms with Gasteiger partial charge >= 0.3 is 5.97 Å². The van der Waals surface area contributed by atoms with Gasteiger partial charge in [0.05, 0.1) is 24.6 Å². The maximum absolute atomic E-state index is 11.3. The van der Waals surface area contributed by atoms with Gasteiger partial charge in [-0.2, -0.15) is 10.2 Å². The summed E-state index contributed by atoms with van der Waals surface area (Å²) in [5.41, 5.74) is 5.45. The molecule has 0 aliphatic carbocycles. The average Bonchev–Trinajstić information content (AvgIpc) is 2.80. The van der Waals surface area contributed by atoms with Gasteiger partial charge in [0.1, 0.15) is 5.69 Å². The summed E-state index contributed by atoms with van der Waals surface area (Å²) in [5, 5.41) is 35.1. The SMILES string of the molecule is COc1cc(N=Nc2ccccc2C(=O)O)cc(C=NNC(=S)Nc2ccc(C)cc2)c1O. The number of carbonyl (C=O) groups is 1. The Balaban J connectivity index is 1.77. The summed E-state index contributed by atoms with van der Waals surface area (Å²) >= 11 is 5.22. The van der Waals surface area contributed by atoms with Gasteiger partial charge in [-0.3, -0.25) is 5.43 Å². The van der Waals surface area contributed by atoms with Gasteiger partial charge in [0.15, 0.2) is 16.6 Å². The van der Waals surface area contributed by atoms with E-state index >= 15 is 0 Å². The van der Waals surface area contributed by atoms with Gasteiger partial charge in [-0.05, 0) is 49.5 Å². The van der Waals surface area contributed by atoms with Crippen LogP contribution in [0.15, 0.2) is 76.0 Å². The van der Waals surface area contributed by atoms with Gasteiger partial charge in [-0.25, -0.2) is 4.79 Å². The normalized spacial score (nSPS) is 11.0. The fraction of sp³-hybridized carbons (Fsp3) is 0.0870. The summed E-state index contributed by atoms with van der Waals surface area (Å²) in [5.74, 6) is -1.10. The number of aryl methyl sites for hydroxylation is 1. The molecule has 0 aromatic heterocycles. The van der Waals surface area contributed by atoms with Gasteiger partial charge in [0, 0.05) is 17.3 Å². The molecule has 0 saturated carbocycles. The summed E-state index contributed by atoms with van der Waals surface area (Å²) < 4.78 is 5.19. The molecule has 168 valence electrons. The molecule has 0 fully saturated rings. The molecule has 0 unspecified atom stereocenters. The number of rotatable bonds is 7. The van der Waals surface area contributed by atoms with E-state index in [1.54, 1.807) is 18.2 Å². The first-order valence-corrected chi connectivity index (χ1v) is 10.1. The van der Waals surface area contributed by atoms with Gasteiger partial charge in [0.2, 0.25) is 0 Å². The molecule has 0 spiro atoms. The van der Waals surface area contributed by atoms with E-state index in [1.807, 2.05) is 31.2 Å². The number of phenolic OH excluding ortho intramolecular Hbond substituents is 1. The first kappa shape index (κ1) is 23.4. The van der Waals surface area contributed by atoms with Crippen molar-refractivity contribution in [1.82, 2.24) is 5.43 Å². The quantitative estimate of drug-likeness (QED) is 0.165. The lowest BCUT2D eigenvalue weighted by Gasteiger charge is -2.09. The molecule has 4 N–H and O–H groups in total. The molecule has 3 aromatic rings. The highest BCUT2D eigenvalue weighted by atomic mass is 32.1. The highest BCUT2D eigenvalue weighted by Crippen LogP contribution is 2.34. The fourth-order valence-electron chi connectivity index (χ4n) is 2.74. The summed E-state index contributed by atoms with van der Waals surface area (Å²) in [6.07, 6.45) is 1.35. The van der Waals surface area contributed by atoms with Crippen molar-refractivity contribution in [3.8, 4) is 11.5 Å². The molecule has 10 heteroatoms. The zero-order chi connectivity index (χ0) is 23.8. The van der Waals surface area contributed by atoms with Crippen molar-refractivity contribution in [2.75, 3.05) is 12.4 Å². The van der Waals surface area contributed by atoms with E-state index in [9.17, 15) is 15.0 Å². The molecule has 0 radical (unpaired) electrons. The average molecular weight is 464 g/mol. The Morgan fingerprint density at radius 1 is 1.09 bits per heavy atom. The van der Waals surface area contributed by atoms with E-state index in [4.69, 9.17) is 17.0 Å². The number of ether oxygens (including phenoxy) is 1. The minimum absolute atomic E-state index is 0.0209. The number of hydrogen-bond acceptors (Lipinski definition) is 7. The summed E-state index contributed by atoms with van der Waals surface area (Å²) in [6.45, 7) is 1.99. The van der Waals surface area contributed by atoms with Crippen LogP contribution in [0.2, 0.25) is 0 Å². The van der Waals surface area contributed by atoms with Crippen molar-refractivity contribution in [1.29, 1.82) is 0 Å². The maximum atomic E-state index is 11.3. The fourth-order valence-corrected chi connectivity index (χ4v) is 2.91. The highest BCUT2D eigenvalue weighted by Gasteiger charge is 2.11. The van der Waals surface area contributed by atoms with Crippen LogP contribution in [0.1, 0.15) is 21.5 Å². The number of carboxylic acids is 1. The third kappa shape index (κ3) is 6.34. The zero-order valence-electron chi connectivity index (χ0n) is 17.8. The second-order valence-corrected chi connectivity index (χ2v) is 7.21. The molecule has 0 bridgehead atoms. The van der Waals surface area contributed by atoms with E-state index in [-0.39, 0.29) is 27.9 Å². The first-order valence-electron chi connectivity index (χ1n) is 9.69. The predicted octanol–water partition coefficient (Wildman–Crippen LogP) is 5.14. The number of azo groups is 1. The number of carboxylic acid groups (broad SMARTS) is 1. The number of hydrazone groups is 1. The molecule has 3 rings (SSSR count). The Morgan fingerprint density at radius 3 is 2.52 bits per heavy atom. The largest absolute Gasteiger partial charge is 0.504 e. The monoisotopic (exact) mass is 463 g/mol. The van der Waals surface area contributed by atoms with E-state index in [2.05, 4.69) is 26.1 Å². The highest BCUT2D eigenvalue weighted by molar-refractivity contribution is 7.80. The van der Waals surface area contributed by atoms with Crippen LogP contribution >= 0.6 is 12.2 Å². The number of hydrogen-bond donors (Lipinski definition) is 4. The van der Waals surface area contributed by atoms with E-state index < -0.39 is 5.97 Å². The van der Waals surface area contributed by atoms with Crippen LogP contribution in [0.3, 0.4) is 0 Å². The minimum atomic E-state index is -1.11. The number of benzene rings is 3. The van der Waals surface area contributed by atoms with Crippen molar-refractivity contribution >= 4 is 46.6 Å². The third-order valence-corrected chi connectivity index (χ3v) is 4.59. The van der Waals surface area contributed by atoms with Crippen molar-refractivity contribution in [2.24, 2.45) is 15.3 Å².